The molecule has 5 nitrogen and oxygen atoms in total. The van der Waals surface area contributed by atoms with Gasteiger partial charge < -0.3 is 15.4 Å². The summed E-state index contributed by atoms with van der Waals surface area (Å²) in [4.78, 5) is 17.9. The maximum atomic E-state index is 12.3. The summed E-state index contributed by atoms with van der Waals surface area (Å²) in [6.45, 7) is 3.91. The van der Waals surface area contributed by atoms with E-state index in [-0.39, 0.29) is 23.0 Å². The molecule has 0 saturated carbocycles. The van der Waals surface area contributed by atoms with E-state index in [9.17, 15) is 4.79 Å². The third kappa shape index (κ3) is 3.11. The zero-order valence-corrected chi connectivity index (χ0v) is 11.0. The van der Waals surface area contributed by atoms with Crippen molar-refractivity contribution >= 4 is 23.3 Å². The van der Waals surface area contributed by atoms with Crippen molar-refractivity contribution in [2.75, 3.05) is 25.4 Å². The number of nitrogens with two attached hydrogens (primary N) is 1. The number of amides is 1. The van der Waals surface area contributed by atoms with Crippen molar-refractivity contribution in [2.45, 2.75) is 19.4 Å². The summed E-state index contributed by atoms with van der Waals surface area (Å²) in [5, 5.41) is 0.234. The van der Waals surface area contributed by atoms with Gasteiger partial charge in [0.25, 0.3) is 5.91 Å². The van der Waals surface area contributed by atoms with E-state index in [4.69, 9.17) is 22.1 Å². The number of nitrogens with zero attached hydrogens (tertiary/aromatic N) is 2. The maximum Gasteiger partial charge on any atom is 0.254 e. The van der Waals surface area contributed by atoms with Gasteiger partial charge in [-0.2, -0.15) is 0 Å². The molecule has 1 fully saturated rings. The topological polar surface area (TPSA) is 68.5 Å². The number of pyridine rings is 1. The fourth-order valence-corrected chi connectivity index (χ4v) is 2.22. The number of halogens is 1. The summed E-state index contributed by atoms with van der Waals surface area (Å²) in [6.07, 6.45) is 0.885. The Bertz CT molecular complexity index is 433. The molecule has 1 aromatic heterocycles. The lowest BCUT2D eigenvalue weighted by atomic mass is 10.2. The Morgan fingerprint density at radius 3 is 3.11 bits per heavy atom. The molecular formula is C12H16ClN3O2. The molecule has 2 heterocycles. The molecule has 1 aliphatic rings. The van der Waals surface area contributed by atoms with Gasteiger partial charge in [-0.25, -0.2) is 4.98 Å². The molecule has 1 saturated heterocycles. The number of nitrogen functional groups attached to an aromatic ring is 1. The van der Waals surface area contributed by atoms with Crippen LogP contribution in [0.2, 0.25) is 5.15 Å². The van der Waals surface area contributed by atoms with Gasteiger partial charge in [0.1, 0.15) is 11.0 Å². The smallest absolute Gasteiger partial charge is 0.254 e. The number of carbonyl (C=O) groups excluding carboxylic acids is 1. The first-order chi connectivity index (χ1) is 8.56. The van der Waals surface area contributed by atoms with Gasteiger partial charge in [0.15, 0.2) is 0 Å². The Labute approximate surface area is 111 Å². The third-order valence-corrected chi connectivity index (χ3v) is 2.99. The second-order valence-electron chi connectivity index (χ2n) is 4.39. The van der Waals surface area contributed by atoms with Crippen molar-refractivity contribution in [1.82, 2.24) is 9.88 Å². The molecule has 98 valence electrons. The third-order valence-electron chi connectivity index (χ3n) is 2.80. The summed E-state index contributed by atoms with van der Waals surface area (Å²) in [6, 6.07) is 3.08. The molecule has 1 amide bonds. The van der Waals surface area contributed by atoms with Crippen LogP contribution < -0.4 is 5.73 Å². The highest BCUT2D eigenvalue weighted by molar-refractivity contribution is 6.29. The van der Waals surface area contributed by atoms with E-state index >= 15 is 0 Å². The normalized spacial score (nSPS) is 20.6. The summed E-state index contributed by atoms with van der Waals surface area (Å²) in [5.41, 5.74) is 6.07. The maximum absolute atomic E-state index is 12.3. The first-order valence-electron chi connectivity index (χ1n) is 5.90. The Hall–Kier alpha value is -1.33. The van der Waals surface area contributed by atoms with Crippen LogP contribution in [0.4, 0.5) is 5.82 Å². The van der Waals surface area contributed by atoms with Crippen LogP contribution in [-0.2, 0) is 4.74 Å². The van der Waals surface area contributed by atoms with E-state index < -0.39 is 0 Å². The van der Waals surface area contributed by atoms with Crippen LogP contribution in [0, 0.1) is 0 Å². The molecule has 0 aromatic carbocycles. The minimum atomic E-state index is -0.0802. The highest BCUT2D eigenvalue weighted by Gasteiger charge is 2.21. The van der Waals surface area contributed by atoms with Gasteiger partial charge in [-0.1, -0.05) is 11.6 Å². The number of aromatic nitrogens is 1. The van der Waals surface area contributed by atoms with Gasteiger partial charge in [0, 0.05) is 25.3 Å². The van der Waals surface area contributed by atoms with Crippen LogP contribution in [-0.4, -0.2) is 41.6 Å². The van der Waals surface area contributed by atoms with Crippen LogP contribution in [0.15, 0.2) is 12.1 Å². The molecule has 1 aliphatic heterocycles. The lowest BCUT2D eigenvalue weighted by Gasteiger charge is -2.22. The monoisotopic (exact) mass is 269 g/mol. The quantitative estimate of drug-likeness (QED) is 0.786. The van der Waals surface area contributed by atoms with Gasteiger partial charge in [-0.05, 0) is 25.5 Å². The Kier molecular flexibility index (Phi) is 4.04. The zero-order chi connectivity index (χ0) is 13.1. The Morgan fingerprint density at radius 2 is 2.39 bits per heavy atom. The molecule has 6 heteroatoms. The number of anilines is 1. The fourth-order valence-electron chi connectivity index (χ4n) is 2.00. The highest BCUT2D eigenvalue weighted by atomic mass is 35.5. The summed E-state index contributed by atoms with van der Waals surface area (Å²) >= 11 is 5.81. The first kappa shape index (κ1) is 13.1. The SMILES string of the molecule is CC1CN(C(=O)c2cc(N)nc(Cl)c2)CCCO1. The van der Waals surface area contributed by atoms with Crippen LogP contribution in [0.25, 0.3) is 0 Å². The van der Waals surface area contributed by atoms with Gasteiger partial charge >= 0.3 is 0 Å². The van der Waals surface area contributed by atoms with Crippen molar-refractivity contribution in [3.05, 3.63) is 22.8 Å². The lowest BCUT2D eigenvalue weighted by Crippen LogP contribution is -2.36. The van der Waals surface area contributed by atoms with Gasteiger partial charge in [-0.3, -0.25) is 4.79 Å². The molecule has 1 aromatic rings. The Balaban J connectivity index is 2.18. The van der Waals surface area contributed by atoms with Crippen LogP contribution >= 0.6 is 11.6 Å². The Morgan fingerprint density at radius 1 is 1.61 bits per heavy atom. The molecule has 18 heavy (non-hydrogen) atoms. The van der Waals surface area contributed by atoms with Crippen molar-refractivity contribution in [1.29, 1.82) is 0 Å². The largest absolute Gasteiger partial charge is 0.384 e. The molecule has 0 radical (unpaired) electrons. The molecule has 2 N–H and O–H groups in total. The predicted molar refractivity (Wildman–Crippen MR) is 69.6 cm³/mol. The van der Waals surface area contributed by atoms with Crippen molar-refractivity contribution in [3.8, 4) is 0 Å². The first-order valence-corrected chi connectivity index (χ1v) is 6.28. The molecule has 0 aliphatic carbocycles. The summed E-state index contributed by atoms with van der Waals surface area (Å²) in [5.74, 6) is 0.174. The van der Waals surface area contributed by atoms with Crippen LogP contribution in [0.5, 0.6) is 0 Å². The average molecular weight is 270 g/mol. The van der Waals surface area contributed by atoms with E-state index in [1.165, 1.54) is 6.07 Å². The number of ether oxygens (including phenoxy) is 1. The average Bonchev–Trinajstić information content (AvgIpc) is 2.51. The predicted octanol–water partition coefficient (Wildman–Crippen LogP) is 1.57. The molecule has 0 bridgehead atoms. The second kappa shape index (κ2) is 5.54. The number of carbonyl (C=O) groups is 1. The van der Waals surface area contributed by atoms with E-state index in [2.05, 4.69) is 4.98 Å². The van der Waals surface area contributed by atoms with E-state index in [1.807, 2.05) is 6.92 Å². The number of hydrogen-bond acceptors (Lipinski definition) is 4. The highest BCUT2D eigenvalue weighted by Crippen LogP contribution is 2.16. The second-order valence-corrected chi connectivity index (χ2v) is 4.78. The van der Waals surface area contributed by atoms with E-state index in [1.54, 1.807) is 11.0 Å². The summed E-state index contributed by atoms with van der Waals surface area (Å²) < 4.78 is 5.51. The number of hydrogen-bond donors (Lipinski definition) is 1. The van der Waals surface area contributed by atoms with Crippen molar-refractivity contribution in [2.24, 2.45) is 0 Å². The van der Waals surface area contributed by atoms with Crippen molar-refractivity contribution in [3.63, 3.8) is 0 Å². The van der Waals surface area contributed by atoms with Crippen LogP contribution in [0.1, 0.15) is 23.7 Å². The van der Waals surface area contributed by atoms with Crippen molar-refractivity contribution < 1.29 is 9.53 Å². The van der Waals surface area contributed by atoms with E-state index in [0.717, 1.165) is 6.42 Å². The molecule has 0 spiro atoms. The standard InChI is InChI=1S/C12H16ClN3O2/c1-8-7-16(3-2-4-18-8)12(17)9-5-10(13)15-11(14)6-9/h5-6,8H,2-4,7H2,1H3,(H2,14,15). The molecule has 1 atom stereocenters. The minimum absolute atomic E-state index is 0.0473. The van der Waals surface area contributed by atoms with Gasteiger partial charge in [0.05, 0.1) is 6.10 Å². The van der Waals surface area contributed by atoms with Gasteiger partial charge in [-0.15, -0.1) is 0 Å². The number of rotatable bonds is 1. The zero-order valence-electron chi connectivity index (χ0n) is 10.2. The fraction of sp³-hybridized carbons (Fsp3) is 0.500. The molecular weight excluding hydrogens is 254 g/mol. The lowest BCUT2D eigenvalue weighted by molar-refractivity contribution is 0.0562. The summed E-state index contributed by atoms with van der Waals surface area (Å²) in [7, 11) is 0. The van der Waals surface area contributed by atoms with Crippen LogP contribution in [0.3, 0.4) is 0 Å². The molecule has 2 rings (SSSR count). The molecule has 1 unspecified atom stereocenters. The van der Waals surface area contributed by atoms with Gasteiger partial charge in [0.2, 0.25) is 0 Å². The minimum Gasteiger partial charge on any atom is -0.384 e. The van der Waals surface area contributed by atoms with E-state index in [0.29, 0.717) is 25.3 Å².